The van der Waals surface area contributed by atoms with Gasteiger partial charge in [0.2, 0.25) is 0 Å². The third-order valence-electron chi connectivity index (χ3n) is 2.18. The Hall–Kier alpha value is -1.61. The number of hydrogen-bond acceptors (Lipinski definition) is 2. The molecule has 0 fully saturated rings. The van der Waals surface area contributed by atoms with Crippen LogP contribution in [-0.4, -0.2) is 12.7 Å². The SMILES string of the molecule is Cc1cc(F)ccc1C(C#N)NCC(F)(F)F. The van der Waals surface area contributed by atoms with E-state index in [1.54, 1.807) is 6.07 Å². The van der Waals surface area contributed by atoms with Crippen LogP contribution in [0.3, 0.4) is 0 Å². The summed E-state index contributed by atoms with van der Waals surface area (Å²) >= 11 is 0. The molecule has 1 atom stereocenters. The van der Waals surface area contributed by atoms with E-state index in [1.165, 1.54) is 19.1 Å². The van der Waals surface area contributed by atoms with E-state index in [2.05, 4.69) is 5.32 Å². The second-order valence-electron chi connectivity index (χ2n) is 3.56. The first kappa shape index (κ1) is 13.5. The smallest absolute Gasteiger partial charge is 0.290 e. The van der Waals surface area contributed by atoms with Crippen molar-refractivity contribution in [1.29, 1.82) is 5.26 Å². The van der Waals surface area contributed by atoms with E-state index in [-0.39, 0.29) is 0 Å². The third-order valence-corrected chi connectivity index (χ3v) is 2.18. The molecule has 17 heavy (non-hydrogen) atoms. The number of rotatable bonds is 3. The lowest BCUT2D eigenvalue weighted by molar-refractivity contribution is -0.125. The van der Waals surface area contributed by atoms with Gasteiger partial charge in [0.25, 0.3) is 0 Å². The van der Waals surface area contributed by atoms with Crippen molar-refractivity contribution in [2.24, 2.45) is 0 Å². The summed E-state index contributed by atoms with van der Waals surface area (Å²) in [4.78, 5) is 0. The van der Waals surface area contributed by atoms with Gasteiger partial charge in [-0.25, -0.2) is 4.39 Å². The Morgan fingerprint density at radius 1 is 1.41 bits per heavy atom. The highest BCUT2D eigenvalue weighted by atomic mass is 19.4. The molecule has 0 amide bonds. The van der Waals surface area contributed by atoms with Gasteiger partial charge in [-0.2, -0.15) is 18.4 Å². The molecule has 0 saturated heterocycles. The van der Waals surface area contributed by atoms with Crippen molar-refractivity contribution in [2.75, 3.05) is 6.54 Å². The minimum absolute atomic E-state index is 0.346. The van der Waals surface area contributed by atoms with Gasteiger partial charge in [-0.1, -0.05) is 6.07 Å². The highest BCUT2D eigenvalue weighted by Crippen LogP contribution is 2.20. The van der Waals surface area contributed by atoms with E-state index in [1.807, 2.05) is 0 Å². The normalized spacial score (nSPS) is 13.2. The lowest BCUT2D eigenvalue weighted by Crippen LogP contribution is -2.31. The monoisotopic (exact) mass is 246 g/mol. The number of nitriles is 1. The number of halogens is 4. The summed E-state index contributed by atoms with van der Waals surface area (Å²) in [6.07, 6.45) is -4.39. The second kappa shape index (κ2) is 5.15. The molecule has 1 N–H and O–H groups in total. The summed E-state index contributed by atoms with van der Waals surface area (Å²) in [7, 11) is 0. The quantitative estimate of drug-likeness (QED) is 0.832. The van der Waals surface area contributed by atoms with Crippen molar-refractivity contribution in [3.8, 4) is 6.07 Å². The molecule has 92 valence electrons. The van der Waals surface area contributed by atoms with Crippen molar-refractivity contribution >= 4 is 0 Å². The first-order valence-corrected chi connectivity index (χ1v) is 4.79. The lowest BCUT2D eigenvalue weighted by atomic mass is 10.0. The molecule has 0 saturated carbocycles. The van der Waals surface area contributed by atoms with E-state index >= 15 is 0 Å². The van der Waals surface area contributed by atoms with Gasteiger partial charge in [0.05, 0.1) is 12.6 Å². The first-order valence-electron chi connectivity index (χ1n) is 4.79. The van der Waals surface area contributed by atoms with E-state index < -0.39 is 24.6 Å². The zero-order valence-corrected chi connectivity index (χ0v) is 8.98. The molecule has 0 bridgehead atoms. The van der Waals surface area contributed by atoms with Crippen LogP contribution in [0.4, 0.5) is 17.6 Å². The van der Waals surface area contributed by atoms with Crippen molar-refractivity contribution in [3.05, 3.63) is 35.1 Å². The molecule has 0 aliphatic heterocycles. The topological polar surface area (TPSA) is 35.8 Å². The lowest BCUT2D eigenvalue weighted by Gasteiger charge is -2.15. The van der Waals surface area contributed by atoms with Crippen LogP contribution in [0.25, 0.3) is 0 Å². The fourth-order valence-electron chi connectivity index (χ4n) is 1.41. The molecule has 6 heteroatoms. The third kappa shape index (κ3) is 4.04. The number of hydrogen-bond donors (Lipinski definition) is 1. The Morgan fingerprint density at radius 3 is 2.53 bits per heavy atom. The predicted octanol–water partition coefficient (Wildman–Crippen LogP) is 2.85. The molecule has 0 aliphatic rings. The molecule has 1 unspecified atom stereocenters. The highest BCUT2D eigenvalue weighted by Gasteiger charge is 2.28. The zero-order valence-electron chi connectivity index (χ0n) is 8.98. The Morgan fingerprint density at radius 2 is 2.06 bits per heavy atom. The largest absolute Gasteiger partial charge is 0.401 e. The molecule has 0 aromatic heterocycles. The van der Waals surface area contributed by atoms with Gasteiger partial charge in [-0.05, 0) is 30.2 Å². The van der Waals surface area contributed by atoms with Crippen molar-refractivity contribution in [2.45, 2.75) is 19.1 Å². The van der Waals surface area contributed by atoms with Crippen LogP contribution in [0.15, 0.2) is 18.2 Å². The summed E-state index contributed by atoms with van der Waals surface area (Å²) in [5.41, 5.74) is 0.782. The van der Waals surface area contributed by atoms with E-state index in [9.17, 15) is 17.6 Å². The maximum absolute atomic E-state index is 12.8. The predicted molar refractivity (Wildman–Crippen MR) is 53.5 cm³/mol. The fourth-order valence-corrected chi connectivity index (χ4v) is 1.41. The number of nitrogens with zero attached hydrogens (tertiary/aromatic N) is 1. The molecular formula is C11H10F4N2. The Bertz CT molecular complexity index is 434. The minimum atomic E-state index is -4.39. The standard InChI is InChI=1S/C11H10F4N2/c1-7-4-8(12)2-3-9(7)10(5-16)17-6-11(13,14)15/h2-4,10,17H,6H2,1H3. The molecule has 0 radical (unpaired) electrons. The van der Waals surface area contributed by atoms with Gasteiger partial charge in [0.1, 0.15) is 11.9 Å². The second-order valence-corrected chi connectivity index (χ2v) is 3.56. The van der Waals surface area contributed by atoms with Crippen LogP contribution in [0, 0.1) is 24.1 Å². The van der Waals surface area contributed by atoms with Gasteiger partial charge in [-0.15, -0.1) is 0 Å². The van der Waals surface area contributed by atoms with Crippen LogP contribution >= 0.6 is 0 Å². The van der Waals surface area contributed by atoms with Crippen LogP contribution in [0.5, 0.6) is 0 Å². The van der Waals surface area contributed by atoms with E-state index in [0.717, 1.165) is 6.07 Å². The van der Waals surface area contributed by atoms with Crippen LogP contribution < -0.4 is 5.32 Å². The Balaban J connectivity index is 2.84. The summed E-state index contributed by atoms with van der Waals surface area (Å²) in [6.45, 7) is 0.278. The highest BCUT2D eigenvalue weighted by molar-refractivity contribution is 5.32. The minimum Gasteiger partial charge on any atom is -0.290 e. The summed E-state index contributed by atoms with van der Waals surface area (Å²) in [5.74, 6) is -0.487. The number of benzene rings is 1. The maximum Gasteiger partial charge on any atom is 0.401 e. The summed E-state index contributed by atoms with van der Waals surface area (Å²) in [6, 6.07) is 4.21. The fraction of sp³-hybridized carbons (Fsp3) is 0.364. The number of alkyl halides is 3. The molecule has 0 spiro atoms. The van der Waals surface area contributed by atoms with Crippen LogP contribution in [-0.2, 0) is 0 Å². The van der Waals surface area contributed by atoms with Crippen molar-refractivity contribution < 1.29 is 17.6 Å². The summed E-state index contributed by atoms with van der Waals surface area (Å²) < 4.78 is 48.8. The molecule has 0 heterocycles. The first-order chi connectivity index (χ1) is 7.83. The van der Waals surface area contributed by atoms with E-state index in [0.29, 0.717) is 11.1 Å². The molecule has 2 nitrogen and oxygen atoms in total. The van der Waals surface area contributed by atoms with Crippen molar-refractivity contribution in [1.82, 2.24) is 5.32 Å². The average Bonchev–Trinajstić information content (AvgIpc) is 2.19. The Labute approximate surface area is 95.9 Å². The van der Waals surface area contributed by atoms with Gasteiger partial charge >= 0.3 is 6.18 Å². The maximum atomic E-state index is 12.8. The van der Waals surface area contributed by atoms with Gasteiger partial charge in [-0.3, -0.25) is 5.32 Å². The van der Waals surface area contributed by atoms with Gasteiger partial charge in [0.15, 0.2) is 0 Å². The van der Waals surface area contributed by atoms with Gasteiger partial charge < -0.3 is 0 Å². The Kier molecular flexibility index (Phi) is 4.07. The zero-order chi connectivity index (χ0) is 13.1. The number of aryl methyl sites for hydroxylation is 1. The summed E-state index contributed by atoms with van der Waals surface area (Å²) in [5, 5.41) is 10.9. The van der Waals surface area contributed by atoms with Gasteiger partial charge in [0, 0.05) is 0 Å². The van der Waals surface area contributed by atoms with E-state index in [4.69, 9.17) is 5.26 Å². The molecule has 1 aromatic carbocycles. The molecule has 0 aliphatic carbocycles. The van der Waals surface area contributed by atoms with Crippen LogP contribution in [0.2, 0.25) is 0 Å². The van der Waals surface area contributed by atoms with Crippen LogP contribution in [0.1, 0.15) is 17.2 Å². The number of nitrogens with one attached hydrogen (secondary N) is 1. The molecule has 1 rings (SSSR count). The van der Waals surface area contributed by atoms with Crippen molar-refractivity contribution in [3.63, 3.8) is 0 Å². The molecular weight excluding hydrogens is 236 g/mol. The molecule has 1 aromatic rings. The average molecular weight is 246 g/mol.